The second-order valence-corrected chi connectivity index (χ2v) is 4.21. The van der Waals surface area contributed by atoms with Crippen LogP contribution in [0.1, 0.15) is 72.6 Å². The molecule has 2 aliphatic rings. The van der Waals surface area contributed by atoms with Gasteiger partial charge in [0, 0.05) is 0 Å². The SMILES string of the molecule is CC.CC.OC1CCCC2CCCCC12. The molecule has 0 saturated heterocycles. The van der Waals surface area contributed by atoms with Crippen LogP contribution in [0.3, 0.4) is 0 Å². The average Bonchev–Trinajstić information content (AvgIpc) is 2.35. The van der Waals surface area contributed by atoms with E-state index >= 15 is 0 Å². The molecule has 15 heavy (non-hydrogen) atoms. The summed E-state index contributed by atoms with van der Waals surface area (Å²) in [6.07, 6.45) is 9.24. The minimum atomic E-state index is 0.0500. The van der Waals surface area contributed by atoms with Crippen molar-refractivity contribution in [2.75, 3.05) is 0 Å². The van der Waals surface area contributed by atoms with Crippen LogP contribution in [0.25, 0.3) is 0 Å². The Morgan fingerprint density at radius 3 is 1.87 bits per heavy atom. The van der Waals surface area contributed by atoms with Gasteiger partial charge in [0.15, 0.2) is 0 Å². The molecule has 2 aliphatic carbocycles. The van der Waals surface area contributed by atoms with E-state index in [-0.39, 0.29) is 6.10 Å². The summed E-state index contributed by atoms with van der Waals surface area (Å²) in [6, 6.07) is 0. The third-order valence-corrected chi connectivity index (χ3v) is 3.54. The molecule has 0 aliphatic heterocycles. The molecule has 0 heterocycles. The predicted molar refractivity (Wildman–Crippen MR) is 68.0 cm³/mol. The minimum Gasteiger partial charge on any atom is -0.393 e. The molecule has 3 unspecified atom stereocenters. The quantitative estimate of drug-likeness (QED) is 0.634. The Bertz CT molecular complexity index is 131. The molecular weight excluding hydrogens is 184 g/mol. The number of hydrogen-bond acceptors (Lipinski definition) is 1. The van der Waals surface area contributed by atoms with Crippen molar-refractivity contribution in [2.24, 2.45) is 11.8 Å². The van der Waals surface area contributed by atoms with Crippen molar-refractivity contribution in [3.63, 3.8) is 0 Å². The lowest BCUT2D eigenvalue weighted by molar-refractivity contribution is 0.0105. The van der Waals surface area contributed by atoms with Crippen LogP contribution >= 0.6 is 0 Å². The average molecular weight is 214 g/mol. The summed E-state index contributed by atoms with van der Waals surface area (Å²) in [5, 5.41) is 9.70. The fourth-order valence-electron chi connectivity index (χ4n) is 2.90. The number of aliphatic hydroxyl groups excluding tert-OH is 1. The topological polar surface area (TPSA) is 20.2 Å². The van der Waals surface area contributed by atoms with E-state index in [9.17, 15) is 5.11 Å². The Morgan fingerprint density at radius 1 is 0.733 bits per heavy atom. The highest BCUT2D eigenvalue weighted by atomic mass is 16.3. The van der Waals surface area contributed by atoms with Gasteiger partial charge in [-0.1, -0.05) is 53.4 Å². The molecule has 0 aromatic carbocycles. The summed E-state index contributed by atoms with van der Waals surface area (Å²) >= 11 is 0. The lowest BCUT2D eigenvalue weighted by Crippen LogP contribution is -2.34. The van der Waals surface area contributed by atoms with Gasteiger partial charge in [-0.05, 0) is 31.1 Å². The van der Waals surface area contributed by atoms with Gasteiger partial charge in [0.2, 0.25) is 0 Å². The fourth-order valence-corrected chi connectivity index (χ4v) is 2.90. The van der Waals surface area contributed by atoms with Crippen LogP contribution in [0.4, 0.5) is 0 Å². The molecule has 0 amide bonds. The highest BCUT2D eigenvalue weighted by Gasteiger charge is 2.33. The normalized spacial score (nSPS) is 33.8. The van der Waals surface area contributed by atoms with Gasteiger partial charge in [-0.3, -0.25) is 0 Å². The Labute approximate surface area is 96.3 Å². The molecular formula is C14H30O. The molecule has 2 fully saturated rings. The van der Waals surface area contributed by atoms with E-state index < -0.39 is 0 Å². The first kappa shape index (κ1) is 15.0. The molecule has 1 N–H and O–H groups in total. The number of fused-ring (bicyclic) bond motifs is 1. The van der Waals surface area contributed by atoms with E-state index in [0.29, 0.717) is 5.92 Å². The highest BCUT2D eigenvalue weighted by Crippen LogP contribution is 2.40. The Morgan fingerprint density at radius 2 is 1.27 bits per heavy atom. The monoisotopic (exact) mass is 214 g/mol. The van der Waals surface area contributed by atoms with Gasteiger partial charge in [-0.15, -0.1) is 0 Å². The van der Waals surface area contributed by atoms with Gasteiger partial charge in [0.05, 0.1) is 6.10 Å². The van der Waals surface area contributed by atoms with Gasteiger partial charge in [0.25, 0.3) is 0 Å². The summed E-state index contributed by atoms with van der Waals surface area (Å²) in [5.41, 5.74) is 0. The van der Waals surface area contributed by atoms with Gasteiger partial charge in [-0.2, -0.15) is 0 Å². The smallest absolute Gasteiger partial charge is 0.0571 e. The molecule has 2 saturated carbocycles. The van der Waals surface area contributed by atoms with E-state index in [0.717, 1.165) is 12.3 Å². The van der Waals surface area contributed by atoms with Gasteiger partial charge in [-0.25, -0.2) is 0 Å². The molecule has 2 rings (SSSR count). The minimum absolute atomic E-state index is 0.0500. The van der Waals surface area contributed by atoms with Crippen molar-refractivity contribution < 1.29 is 5.11 Å². The number of rotatable bonds is 0. The molecule has 0 aromatic heterocycles. The predicted octanol–water partition coefficient (Wildman–Crippen LogP) is 4.39. The summed E-state index contributed by atoms with van der Waals surface area (Å²) in [6.45, 7) is 8.00. The molecule has 1 nitrogen and oxygen atoms in total. The Kier molecular flexibility index (Phi) is 9.18. The fraction of sp³-hybridized carbons (Fsp3) is 1.00. The first-order valence-electron chi connectivity index (χ1n) is 7.06. The molecule has 0 radical (unpaired) electrons. The highest BCUT2D eigenvalue weighted by molar-refractivity contribution is 4.84. The maximum atomic E-state index is 9.70. The zero-order valence-corrected chi connectivity index (χ0v) is 11.1. The second-order valence-electron chi connectivity index (χ2n) is 4.21. The Balaban J connectivity index is 0.000000442. The zero-order valence-electron chi connectivity index (χ0n) is 11.1. The summed E-state index contributed by atoms with van der Waals surface area (Å²) < 4.78 is 0. The number of aliphatic hydroxyl groups is 1. The van der Waals surface area contributed by atoms with Crippen LogP contribution in [0.15, 0.2) is 0 Å². The van der Waals surface area contributed by atoms with Crippen LogP contribution < -0.4 is 0 Å². The second kappa shape index (κ2) is 9.21. The van der Waals surface area contributed by atoms with Crippen molar-refractivity contribution in [3.8, 4) is 0 Å². The van der Waals surface area contributed by atoms with Crippen LogP contribution in [0.5, 0.6) is 0 Å². The van der Waals surface area contributed by atoms with E-state index in [1.54, 1.807) is 0 Å². The first-order chi connectivity index (χ1) is 7.38. The van der Waals surface area contributed by atoms with Crippen molar-refractivity contribution in [1.82, 2.24) is 0 Å². The van der Waals surface area contributed by atoms with Crippen LogP contribution in [0, 0.1) is 11.8 Å². The van der Waals surface area contributed by atoms with Crippen molar-refractivity contribution in [1.29, 1.82) is 0 Å². The zero-order chi connectivity index (χ0) is 11.7. The van der Waals surface area contributed by atoms with Crippen molar-refractivity contribution in [3.05, 3.63) is 0 Å². The number of hydrogen-bond donors (Lipinski definition) is 1. The molecule has 1 heteroatoms. The summed E-state index contributed by atoms with van der Waals surface area (Å²) in [7, 11) is 0. The van der Waals surface area contributed by atoms with Gasteiger partial charge in [0.1, 0.15) is 0 Å². The molecule has 0 aromatic rings. The van der Waals surface area contributed by atoms with Crippen LogP contribution in [-0.4, -0.2) is 11.2 Å². The van der Waals surface area contributed by atoms with Crippen molar-refractivity contribution >= 4 is 0 Å². The summed E-state index contributed by atoms with van der Waals surface area (Å²) in [4.78, 5) is 0. The first-order valence-corrected chi connectivity index (χ1v) is 7.06. The third kappa shape index (κ3) is 4.55. The van der Waals surface area contributed by atoms with E-state index in [1.165, 1.54) is 38.5 Å². The molecule has 0 bridgehead atoms. The Hall–Kier alpha value is -0.0400. The van der Waals surface area contributed by atoms with Crippen molar-refractivity contribution in [2.45, 2.75) is 78.7 Å². The van der Waals surface area contributed by atoms with Gasteiger partial charge < -0.3 is 5.11 Å². The van der Waals surface area contributed by atoms with E-state index in [4.69, 9.17) is 0 Å². The third-order valence-electron chi connectivity index (χ3n) is 3.54. The standard InChI is InChI=1S/C10H18O.2C2H6/c11-10-7-3-5-8-4-1-2-6-9(8)10;2*1-2/h8-11H,1-7H2;2*1-2H3. The maximum Gasteiger partial charge on any atom is 0.0571 e. The van der Waals surface area contributed by atoms with Crippen LogP contribution in [-0.2, 0) is 0 Å². The summed E-state index contributed by atoms with van der Waals surface area (Å²) in [5.74, 6) is 1.56. The molecule has 0 spiro atoms. The molecule has 92 valence electrons. The van der Waals surface area contributed by atoms with Crippen LogP contribution in [0.2, 0.25) is 0 Å². The van der Waals surface area contributed by atoms with Gasteiger partial charge >= 0.3 is 0 Å². The maximum absolute atomic E-state index is 9.70. The lowest BCUT2D eigenvalue weighted by Gasteiger charge is -2.38. The largest absolute Gasteiger partial charge is 0.393 e. The molecule has 3 atom stereocenters. The van der Waals surface area contributed by atoms with E-state index in [2.05, 4.69) is 0 Å². The lowest BCUT2D eigenvalue weighted by atomic mass is 9.69. The van der Waals surface area contributed by atoms with E-state index in [1.807, 2.05) is 27.7 Å².